The summed E-state index contributed by atoms with van der Waals surface area (Å²) in [5, 5.41) is 9.16. The summed E-state index contributed by atoms with van der Waals surface area (Å²) in [7, 11) is -2.21. The number of aromatic hydroxyl groups is 1. The minimum atomic E-state index is -3.65. The highest BCUT2D eigenvalue weighted by molar-refractivity contribution is 7.92. The molecule has 6 heteroatoms. The largest absolute Gasteiger partial charge is 0.508 e. The van der Waals surface area contributed by atoms with Crippen molar-refractivity contribution in [3.05, 3.63) is 48.7 Å². The van der Waals surface area contributed by atoms with Crippen molar-refractivity contribution in [2.75, 3.05) is 11.4 Å². The number of hydrogen-bond acceptors (Lipinski definition) is 4. The number of pyridine rings is 1. The maximum absolute atomic E-state index is 12.2. The normalized spacial score (nSPS) is 11.2. The molecule has 0 saturated carbocycles. The van der Waals surface area contributed by atoms with E-state index in [2.05, 4.69) is 4.98 Å². The van der Waals surface area contributed by atoms with Crippen LogP contribution in [-0.4, -0.2) is 25.6 Å². The van der Waals surface area contributed by atoms with Gasteiger partial charge in [0.2, 0.25) is 0 Å². The molecular formula is C12H12N2O3S. The van der Waals surface area contributed by atoms with E-state index in [0.29, 0.717) is 5.82 Å². The van der Waals surface area contributed by atoms with E-state index in [0.717, 1.165) is 4.31 Å². The Morgan fingerprint density at radius 1 is 1.11 bits per heavy atom. The Kier molecular flexibility index (Phi) is 3.20. The monoisotopic (exact) mass is 264 g/mol. The van der Waals surface area contributed by atoms with Crippen LogP contribution in [0.4, 0.5) is 5.82 Å². The van der Waals surface area contributed by atoms with Crippen LogP contribution in [0.2, 0.25) is 0 Å². The first-order valence-corrected chi connectivity index (χ1v) is 6.65. The van der Waals surface area contributed by atoms with Crippen LogP contribution < -0.4 is 4.31 Å². The second kappa shape index (κ2) is 4.66. The molecule has 0 unspecified atom stereocenters. The van der Waals surface area contributed by atoms with Gasteiger partial charge in [-0.3, -0.25) is 4.31 Å². The van der Waals surface area contributed by atoms with Crippen LogP contribution in [-0.2, 0) is 10.0 Å². The van der Waals surface area contributed by atoms with E-state index in [-0.39, 0.29) is 10.6 Å². The standard InChI is InChI=1S/C12H12N2O3S/c1-14(12-4-2-3-9-13-12)18(16,17)11-7-5-10(15)6-8-11/h2-9,15H,1H3. The maximum Gasteiger partial charge on any atom is 0.265 e. The van der Waals surface area contributed by atoms with Crippen molar-refractivity contribution in [3.8, 4) is 5.75 Å². The predicted molar refractivity (Wildman–Crippen MR) is 67.9 cm³/mol. The molecule has 5 nitrogen and oxygen atoms in total. The lowest BCUT2D eigenvalue weighted by atomic mass is 10.3. The van der Waals surface area contributed by atoms with Gasteiger partial charge in [0.15, 0.2) is 0 Å². The van der Waals surface area contributed by atoms with E-state index >= 15 is 0 Å². The smallest absolute Gasteiger partial charge is 0.265 e. The third-order valence-electron chi connectivity index (χ3n) is 2.47. The van der Waals surface area contributed by atoms with Gasteiger partial charge in [0, 0.05) is 13.2 Å². The molecule has 2 aromatic rings. The molecule has 0 aliphatic rings. The van der Waals surface area contributed by atoms with E-state index in [1.165, 1.54) is 37.5 Å². The number of sulfonamides is 1. The fourth-order valence-electron chi connectivity index (χ4n) is 1.44. The van der Waals surface area contributed by atoms with Gasteiger partial charge in [-0.15, -0.1) is 0 Å². The lowest BCUT2D eigenvalue weighted by molar-refractivity contribution is 0.475. The van der Waals surface area contributed by atoms with Gasteiger partial charge in [0.25, 0.3) is 10.0 Å². The van der Waals surface area contributed by atoms with Crippen LogP contribution in [0.3, 0.4) is 0 Å². The predicted octanol–water partition coefficient (Wildman–Crippen LogP) is 1.61. The van der Waals surface area contributed by atoms with E-state index < -0.39 is 10.0 Å². The van der Waals surface area contributed by atoms with Gasteiger partial charge in [-0.1, -0.05) is 6.07 Å². The second-order valence-corrected chi connectivity index (χ2v) is 5.62. The summed E-state index contributed by atoms with van der Waals surface area (Å²) in [6, 6.07) is 10.4. The zero-order valence-electron chi connectivity index (χ0n) is 9.69. The number of nitrogens with zero attached hydrogens (tertiary/aromatic N) is 2. The highest BCUT2D eigenvalue weighted by Crippen LogP contribution is 2.21. The average molecular weight is 264 g/mol. The Balaban J connectivity index is 2.40. The van der Waals surface area contributed by atoms with Crippen molar-refractivity contribution in [2.24, 2.45) is 0 Å². The Bertz CT molecular complexity index is 624. The zero-order chi connectivity index (χ0) is 13.2. The minimum Gasteiger partial charge on any atom is -0.508 e. The van der Waals surface area contributed by atoms with E-state index in [1.807, 2.05) is 0 Å². The van der Waals surface area contributed by atoms with E-state index in [1.54, 1.807) is 18.2 Å². The number of phenolic OH excluding ortho intramolecular Hbond substituents is 1. The van der Waals surface area contributed by atoms with Crippen molar-refractivity contribution in [3.63, 3.8) is 0 Å². The van der Waals surface area contributed by atoms with Crippen molar-refractivity contribution >= 4 is 15.8 Å². The molecule has 0 fully saturated rings. The van der Waals surface area contributed by atoms with Crippen LogP contribution in [0.15, 0.2) is 53.6 Å². The fraction of sp³-hybridized carbons (Fsp3) is 0.0833. The van der Waals surface area contributed by atoms with Crippen molar-refractivity contribution in [1.82, 2.24) is 4.98 Å². The highest BCUT2D eigenvalue weighted by Gasteiger charge is 2.21. The third-order valence-corrected chi connectivity index (χ3v) is 4.24. The molecule has 0 aliphatic heterocycles. The van der Waals surface area contributed by atoms with Gasteiger partial charge >= 0.3 is 0 Å². The molecule has 18 heavy (non-hydrogen) atoms. The number of aromatic nitrogens is 1. The molecule has 0 saturated heterocycles. The molecule has 0 bridgehead atoms. The molecule has 1 aromatic carbocycles. The Hall–Kier alpha value is -2.08. The number of anilines is 1. The van der Waals surface area contributed by atoms with Gasteiger partial charge in [-0.25, -0.2) is 13.4 Å². The molecule has 94 valence electrons. The SMILES string of the molecule is CN(c1ccccn1)S(=O)(=O)c1ccc(O)cc1. The van der Waals surface area contributed by atoms with Crippen LogP contribution in [0.25, 0.3) is 0 Å². The molecule has 0 atom stereocenters. The molecule has 0 aliphatic carbocycles. The molecular weight excluding hydrogens is 252 g/mol. The second-order valence-electron chi connectivity index (χ2n) is 3.65. The molecule has 0 spiro atoms. The summed E-state index contributed by atoms with van der Waals surface area (Å²) in [6.07, 6.45) is 1.53. The summed E-state index contributed by atoms with van der Waals surface area (Å²) >= 11 is 0. The molecule has 0 amide bonds. The zero-order valence-corrected chi connectivity index (χ0v) is 10.5. The summed E-state index contributed by atoms with van der Waals surface area (Å²) in [5.74, 6) is 0.361. The number of hydrogen-bond donors (Lipinski definition) is 1. The van der Waals surface area contributed by atoms with Gasteiger partial charge in [0.05, 0.1) is 4.90 Å². The molecule has 1 heterocycles. The highest BCUT2D eigenvalue weighted by atomic mass is 32.2. The lowest BCUT2D eigenvalue weighted by Gasteiger charge is -2.18. The van der Waals surface area contributed by atoms with E-state index in [9.17, 15) is 8.42 Å². The van der Waals surface area contributed by atoms with Crippen LogP contribution in [0.5, 0.6) is 5.75 Å². The van der Waals surface area contributed by atoms with Crippen LogP contribution in [0.1, 0.15) is 0 Å². The van der Waals surface area contributed by atoms with Crippen LogP contribution >= 0.6 is 0 Å². The van der Waals surface area contributed by atoms with Crippen molar-refractivity contribution < 1.29 is 13.5 Å². The van der Waals surface area contributed by atoms with Gasteiger partial charge in [-0.05, 0) is 36.4 Å². The first-order chi connectivity index (χ1) is 8.51. The van der Waals surface area contributed by atoms with Crippen LogP contribution in [0, 0.1) is 0 Å². The topological polar surface area (TPSA) is 70.5 Å². The quantitative estimate of drug-likeness (QED) is 0.914. The summed E-state index contributed by atoms with van der Waals surface area (Å²) in [4.78, 5) is 4.09. The van der Waals surface area contributed by atoms with Gasteiger partial charge in [-0.2, -0.15) is 0 Å². The number of rotatable bonds is 3. The Labute approximate surface area is 105 Å². The number of phenols is 1. The first-order valence-electron chi connectivity index (χ1n) is 5.21. The fourth-order valence-corrected chi connectivity index (χ4v) is 2.59. The summed E-state index contributed by atoms with van der Waals surface area (Å²) in [6.45, 7) is 0. The lowest BCUT2D eigenvalue weighted by Crippen LogP contribution is -2.27. The third kappa shape index (κ3) is 2.28. The summed E-state index contributed by atoms with van der Waals surface area (Å²) in [5.41, 5.74) is 0. The van der Waals surface area contributed by atoms with Crippen molar-refractivity contribution in [1.29, 1.82) is 0 Å². The first kappa shape index (κ1) is 12.4. The molecule has 2 rings (SSSR count). The molecule has 1 N–H and O–H groups in total. The number of benzene rings is 1. The average Bonchev–Trinajstić information content (AvgIpc) is 2.39. The van der Waals surface area contributed by atoms with Crippen molar-refractivity contribution in [2.45, 2.75) is 4.90 Å². The maximum atomic E-state index is 12.2. The molecule has 0 radical (unpaired) electrons. The molecule has 1 aromatic heterocycles. The Morgan fingerprint density at radius 3 is 2.33 bits per heavy atom. The van der Waals surface area contributed by atoms with Gasteiger partial charge in [0.1, 0.15) is 11.6 Å². The Morgan fingerprint density at radius 2 is 1.78 bits per heavy atom. The van der Waals surface area contributed by atoms with E-state index in [4.69, 9.17) is 5.11 Å². The minimum absolute atomic E-state index is 0.0226. The van der Waals surface area contributed by atoms with Gasteiger partial charge < -0.3 is 5.11 Å². The summed E-state index contributed by atoms with van der Waals surface area (Å²) < 4.78 is 25.6.